The van der Waals surface area contributed by atoms with Gasteiger partial charge in [0.25, 0.3) is 0 Å². The third kappa shape index (κ3) is 3.18. The van der Waals surface area contributed by atoms with Crippen molar-refractivity contribution >= 4 is 11.7 Å². The first kappa shape index (κ1) is 14.1. The number of nitrogens with one attached hydrogen (secondary N) is 1. The molecule has 2 aromatic rings. The van der Waals surface area contributed by atoms with E-state index in [-0.39, 0.29) is 6.03 Å². The van der Waals surface area contributed by atoms with Crippen LogP contribution in [-0.2, 0) is 0 Å². The van der Waals surface area contributed by atoms with Crippen LogP contribution in [0, 0.1) is 13.8 Å². The van der Waals surface area contributed by atoms with E-state index in [0.717, 1.165) is 22.4 Å². The molecule has 0 aromatic heterocycles. The third-order valence-electron chi connectivity index (χ3n) is 3.19. The summed E-state index contributed by atoms with van der Waals surface area (Å²) in [5.74, 6) is 0. The molecule has 0 atom stereocenters. The number of nitrogens with zero attached hydrogens (tertiary/aromatic N) is 1. The number of aryl methyl sites for hydroxylation is 2. The maximum atomic E-state index is 11.9. The summed E-state index contributed by atoms with van der Waals surface area (Å²) in [6.07, 6.45) is 0. The van der Waals surface area contributed by atoms with Crippen molar-refractivity contribution in [2.75, 3.05) is 19.4 Å². The lowest BCUT2D eigenvalue weighted by atomic mass is 10.0. The van der Waals surface area contributed by atoms with Crippen LogP contribution in [0.2, 0.25) is 0 Å². The van der Waals surface area contributed by atoms with Crippen LogP contribution in [0.1, 0.15) is 11.1 Å². The number of urea groups is 1. The van der Waals surface area contributed by atoms with E-state index in [9.17, 15) is 4.79 Å². The molecule has 1 N–H and O–H groups in total. The smallest absolute Gasteiger partial charge is 0.321 e. The van der Waals surface area contributed by atoms with Crippen molar-refractivity contribution in [3.63, 3.8) is 0 Å². The molecule has 0 aliphatic rings. The number of rotatable bonds is 2. The van der Waals surface area contributed by atoms with Gasteiger partial charge in [-0.3, -0.25) is 0 Å². The molecule has 104 valence electrons. The van der Waals surface area contributed by atoms with Gasteiger partial charge in [-0.1, -0.05) is 42.0 Å². The highest BCUT2D eigenvalue weighted by atomic mass is 16.2. The van der Waals surface area contributed by atoms with E-state index in [0.29, 0.717) is 0 Å². The van der Waals surface area contributed by atoms with Crippen molar-refractivity contribution < 1.29 is 4.79 Å². The minimum absolute atomic E-state index is 0.121. The van der Waals surface area contributed by atoms with Gasteiger partial charge in [-0.25, -0.2) is 4.79 Å². The Morgan fingerprint density at radius 1 is 0.950 bits per heavy atom. The van der Waals surface area contributed by atoms with Crippen LogP contribution in [-0.4, -0.2) is 25.0 Å². The predicted octanol–water partition coefficient (Wildman–Crippen LogP) is 4.06. The second-order valence-electron chi connectivity index (χ2n) is 5.24. The largest absolute Gasteiger partial charge is 0.331 e. The molecule has 0 aliphatic heterocycles. The highest BCUT2D eigenvalue weighted by Crippen LogP contribution is 2.29. The van der Waals surface area contributed by atoms with Gasteiger partial charge >= 0.3 is 6.03 Å². The van der Waals surface area contributed by atoms with Crippen LogP contribution in [0.15, 0.2) is 42.5 Å². The molecule has 0 spiro atoms. The lowest BCUT2D eigenvalue weighted by Crippen LogP contribution is -2.27. The zero-order valence-electron chi connectivity index (χ0n) is 12.4. The average molecular weight is 268 g/mol. The normalized spacial score (nSPS) is 10.2. The Kier molecular flexibility index (Phi) is 4.08. The number of carbonyl (C=O) groups excluding carboxylic acids is 1. The van der Waals surface area contributed by atoms with E-state index in [1.54, 1.807) is 14.1 Å². The zero-order valence-corrected chi connectivity index (χ0v) is 12.4. The minimum Gasteiger partial charge on any atom is -0.331 e. The Balaban J connectivity index is 2.42. The van der Waals surface area contributed by atoms with E-state index in [4.69, 9.17) is 0 Å². The Morgan fingerprint density at radius 2 is 1.55 bits per heavy atom. The summed E-state index contributed by atoms with van der Waals surface area (Å²) in [4.78, 5) is 13.4. The molecule has 0 saturated heterocycles. The van der Waals surface area contributed by atoms with E-state index >= 15 is 0 Å². The molecular weight excluding hydrogens is 248 g/mol. The molecule has 0 fully saturated rings. The number of benzene rings is 2. The Hall–Kier alpha value is -2.29. The van der Waals surface area contributed by atoms with Crippen molar-refractivity contribution in [3.8, 4) is 11.1 Å². The van der Waals surface area contributed by atoms with Crippen LogP contribution in [0.25, 0.3) is 11.1 Å². The Bertz CT molecular complexity index is 615. The molecule has 2 rings (SSSR count). The fourth-order valence-corrected chi connectivity index (χ4v) is 1.97. The van der Waals surface area contributed by atoms with Crippen molar-refractivity contribution in [2.24, 2.45) is 0 Å². The summed E-state index contributed by atoms with van der Waals surface area (Å²) in [6, 6.07) is 14.3. The van der Waals surface area contributed by atoms with Gasteiger partial charge in [-0.15, -0.1) is 0 Å². The fourth-order valence-electron chi connectivity index (χ4n) is 1.97. The average Bonchev–Trinajstić information content (AvgIpc) is 2.40. The highest BCUT2D eigenvalue weighted by Gasteiger charge is 2.10. The van der Waals surface area contributed by atoms with E-state index in [1.807, 2.05) is 19.1 Å². The number of hydrogen-bond donors (Lipinski definition) is 1. The third-order valence-corrected chi connectivity index (χ3v) is 3.19. The maximum absolute atomic E-state index is 11.9. The topological polar surface area (TPSA) is 32.3 Å². The molecule has 0 bridgehead atoms. The number of hydrogen-bond acceptors (Lipinski definition) is 1. The second-order valence-corrected chi connectivity index (χ2v) is 5.24. The van der Waals surface area contributed by atoms with E-state index < -0.39 is 0 Å². The van der Waals surface area contributed by atoms with Crippen molar-refractivity contribution in [1.82, 2.24) is 4.90 Å². The van der Waals surface area contributed by atoms with Crippen LogP contribution >= 0.6 is 0 Å². The standard InChI is InChI=1S/C17H20N2O/c1-12-5-8-14(9-6-12)15-10-7-13(2)11-16(15)18-17(20)19(3)4/h5-11H,1-4H3,(H,18,20). The van der Waals surface area contributed by atoms with Gasteiger partial charge in [0.2, 0.25) is 0 Å². The quantitative estimate of drug-likeness (QED) is 0.875. The van der Waals surface area contributed by atoms with Gasteiger partial charge in [0.1, 0.15) is 0 Å². The van der Waals surface area contributed by atoms with Gasteiger partial charge in [0.15, 0.2) is 0 Å². The molecule has 0 unspecified atom stereocenters. The Labute approximate surface area is 120 Å². The summed E-state index contributed by atoms with van der Waals surface area (Å²) in [7, 11) is 3.47. The lowest BCUT2D eigenvalue weighted by Gasteiger charge is -2.16. The van der Waals surface area contributed by atoms with Crippen LogP contribution in [0.5, 0.6) is 0 Å². The summed E-state index contributed by atoms with van der Waals surface area (Å²) in [5, 5.41) is 2.95. The minimum atomic E-state index is -0.121. The first-order chi connectivity index (χ1) is 9.47. The monoisotopic (exact) mass is 268 g/mol. The van der Waals surface area contributed by atoms with Gasteiger partial charge in [-0.2, -0.15) is 0 Å². The molecule has 0 saturated carbocycles. The van der Waals surface area contributed by atoms with E-state index in [2.05, 4.69) is 42.6 Å². The van der Waals surface area contributed by atoms with Crippen molar-refractivity contribution in [1.29, 1.82) is 0 Å². The number of amides is 2. The molecule has 0 aliphatic carbocycles. The first-order valence-corrected chi connectivity index (χ1v) is 6.63. The summed E-state index contributed by atoms with van der Waals surface area (Å²) in [6.45, 7) is 4.08. The molecular formula is C17H20N2O. The molecule has 0 radical (unpaired) electrons. The van der Waals surface area contributed by atoms with Gasteiger partial charge in [0, 0.05) is 19.7 Å². The molecule has 3 nitrogen and oxygen atoms in total. The van der Waals surface area contributed by atoms with Gasteiger partial charge in [0.05, 0.1) is 5.69 Å². The molecule has 2 aromatic carbocycles. The van der Waals surface area contributed by atoms with Crippen LogP contribution in [0.3, 0.4) is 0 Å². The van der Waals surface area contributed by atoms with Crippen LogP contribution < -0.4 is 5.32 Å². The number of anilines is 1. The summed E-state index contributed by atoms with van der Waals surface area (Å²) < 4.78 is 0. The SMILES string of the molecule is Cc1ccc(-c2ccc(C)cc2NC(=O)N(C)C)cc1. The molecule has 2 amide bonds. The van der Waals surface area contributed by atoms with Crippen molar-refractivity contribution in [2.45, 2.75) is 13.8 Å². The highest BCUT2D eigenvalue weighted by molar-refractivity contribution is 5.94. The summed E-state index contributed by atoms with van der Waals surface area (Å²) >= 11 is 0. The fraction of sp³-hybridized carbons (Fsp3) is 0.235. The summed E-state index contributed by atoms with van der Waals surface area (Å²) in [5.41, 5.74) is 5.32. The maximum Gasteiger partial charge on any atom is 0.321 e. The zero-order chi connectivity index (χ0) is 14.7. The van der Waals surface area contributed by atoms with Crippen LogP contribution in [0.4, 0.5) is 10.5 Å². The first-order valence-electron chi connectivity index (χ1n) is 6.63. The van der Waals surface area contributed by atoms with Crippen molar-refractivity contribution in [3.05, 3.63) is 53.6 Å². The van der Waals surface area contributed by atoms with E-state index in [1.165, 1.54) is 10.5 Å². The lowest BCUT2D eigenvalue weighted by molar-refractivity contribution is 0.230. The molecule has 3 heteroatoms. The predicted molar refractivity (Wildman–Crippen MR) is 84.1 cm³/mol. The Morgan fingerprint density at radius 3 is 2.15 bits per heavy atom. The molecule has 20 heavy (non-hydrogen) atoms. The van der Waals surface area contributed by atoms with Gasteiger partial charge in [-0.05, 0) is 31.0 Å². The molecule has 0 heterocycles. The second kappa shape index (κ2) is 5.78. The van der Waals surface area contributed by atoms with Gasteiger partial charge < -0.3 is 10.2 Å². The number of carbonyl (C=O) groups is 1.